The highest BCUT2D eigenvalue weighted by atomic mass is 16.6. The number of carbonyl (C=O) groups excluding carboxylic acids is 2. The number of methoxy groups -OCH3 is 2. The number of rotatable bonds is 6. The molecule has 0 heterocycles. The van der Waals surface area contributed by atoms with Gasteiger partial charge in [0.2, 0.25) is 5.91 Å². The average Bonchev–Trinajstić information content (AvgIpc) is 2.57. The van der Waals surface area contributed by atoms with Gasteiger partial charge in [-0.2, -0.15) is 0 Å². The molecule has 1 rings (SSSR count). The second-order valence-electron chi connectivity index (χ2n) is 4.20. The summed E-state index contributed by atoms with van der Waals surface area (Å²) in [6, 6.07) is 5.09. The summed E-state index contributed by atoms with van der Waals surface area (Å²) in [5.74, 6) is 2.96. The summed E-state index contributed by atoms with van der Waals surface area (Å²) >= 11 is 0. The Morgan fingerprint density at radius 3 is 2.70 bits per heavy atom. The Hall–Kier alpha value is -3.14. The molecule has 0 atom stereocenters. The van der Waals surface area contributed by atoms with E-state index in [1.54, 1.807) is 18.2 Å². The van der Waals surface area contributed by atoms with E-state index in [-0.39, 0.29) is 13.0 Å². The van der Waals surface area contributed by atoms with Crippen LogP contribution in [0.5, 0.6) is 11.5 Å². The Kier molecular flexibility index (Phi) is 7.58. The standard InChI is InChI=1S/C16H18N2O5/c1-4-5-6-9-23-16(20)18-17-15(19)10-12-7-8-13(21-2)11-14(12)22-3/h1,5-8,11H,9-10H2,2-3H3,(H,17,19)(H,18,20). The van der Waals surface area contributed by atoms with Crippen LogP contribution in [0.25, 0.3) is 0 Å². The highest BCUT2D eigenvalue weighted by Crippen LogP contribution is 2.24. The van der Waals surface area contributed by atoms with Crippen molar-refractivity contribution in [1.29, 1.82) is 0 Å². The summed E-state index contributed by atoms with van der Waals surface area (Å²) < 4.78 is 15.0. The van der Waals surface area contributed by atoms with Crippen molar-refractivity contribution < 1.29 is 23.8 Å². The molecular weight excluding hydrogens is 300 g/mol. The van der Waals surface area contributed by atoms with Crippen LogP contribution in [0.1, 0.15) is 5.56 Å². The Bertz CT molecular complexity index is 619. The van der Waals surface area contributed by atoms with E-state index in [1.807, 2.05) is 0 Å². The summed E-state index contributed by atoms with van der Waals surface area (Å²) in [7, 11) is 3.03. The van der Waals surface area contributed by atoms with Crippen LogP contribution in [0, 0.1) is 12.3 Å². The number of nitrogens with one attached hydrogen (secondary N) is 2. The van der Waals surface area contributed by atoms with Gasteiger partial charge in [-0.15, -0.1) is 6.42 Å². The number of carbonyl (C=O) groups is 2. The van der Waals surface area contributed by atoms with Crippen LogP contribution in [0.4, 0.5) is 4.79 Å². The van der Waals surface area contributed by atoms with Crippen molar-refractivity contribution >= 4 is 12.0 Å². The molecule has 0 saturated heterocycles. The lowest BCUT2D eigenvalue weighted by Crippen LogP contribution is -2.42. The molecule has 0 aromatic heterocycles. The van der Waals surface area contributed by atoms with Crippen molar-refractivity contribution in [2.75, 3.05) is 20.8 Å². The smallest absolute Gasteiger partial charge is 0.426 e. The molecule has 0 aliphatic heterocycles. The van der Waals surface area contributed by atoms with Gasteiger partial charge >= 0.3 is 6.09 Å². The first kappa shape index (κ1) is 17.9. The van der Waals surface area contributed by atoms with Crippen molar-refractivity contribution in [3.8, 4) is 23.8 Å². The van der Waals surface area contributed by atoms with E-state index >= 15 is 0 Å². The number of hydrogen-bond acceptors (Lipinski definition) is 5. The fraction of sp³-hybridized carbons (Fsp3) is 0.250. The first-order valence-corrected chi connectivity index (χ1v) is 6.64. The summed E-state index contributed by atoms with van der Waals surface area (Å²) in [6.07, 6.45) is 7.11. The molecule has 0 radical (unpaired) electrons. The summed E-state index contributed by atoms with van der Waals surface area (Å²) in [5.41, 5.74) is 5.02. The highest BCUT2D eigenvalue weighted by molar-refractivity contribution is 5.81. The third-order valence-corrected chi connectivity index (χ3v) is 2.67. The number of terminal acetylenes is 1. The Labute approximate surface area is 134 Å². The molecule has 2 amide bonds. The topological polar surface area (TPSA) is 85.9 Å². The average molecular weight is 318 g/mol. The van der Waals surface area contributed by atoms with Crippen LogP contribution in [0.2, 0.25) is 0 Å². The van der Waals surface area contributed by atoms with Crippen molar-refractivity contribution in [3.63, 3.8) is 0 Å². The molecule has 0 aliphatic rings. The molecule has 0 fully saturated rings. The molecule has 1 aromatic rings. The van der Waals surface area contributed by atoms with Crippen LogP contribution in [-0.2, 0) is 16.0 Å². The van der Waals surface area contributed by atoms with Gasteiger partial charge in [-0.1, -0.05) is 12.0 Å². The third kappa shape index (κ3) is 6.44. The second kappa shape index (κ2) is 9.73. The molecule has 0 aliphatic carbocycles. The van der Waals surface area contributed by atoms with Gasteiger partial charge in [-0.25, -0.2) is 10.2 Å². The normalized spacial score (nSPS) is 9.78. The molecule has 0 unspecified atom stereocenters. The van der Waals surface area contributed by atoms with Crippen LogP contribution < -0.4 is 20.3 Å². The summed E-state index contributed by atoms with van der Waals surface area (Å²) in [4.78, 5) is 23.1. The van der Waals surface area contributed by atoms with Crippen LogP contribution in [0.3, 0.4) is 0 Å². The van der Waals surface area contributed by atoms with Crippen molar-refractivity contribution in [3.05, 3.63) is 35.9 Å². The predicted octanol–water partition coefficient (Wildman–Crippen LogP) is 1.19. The molecule has 7 heteroatoms. The van der Waals surface area contributed by atoms with Gasteiger partial charge in [0.05, 0.1) is 20.6 Å². The molecule has 0 bridgehead atoms. The third-order valence-electron chi connectivity index (χ3n) is 2.67. The lowest BCUT2D eigenvalue weighted by molar-refractivity contribution is -0.121. The number of amides is 2. The maximum absolute atomic E-state index is 11.8. The molecular formula is C16H18N2O5. The Balaban J connectivity index is 2.46. The van der Waals surface area contributed by atoms with E-state index in [0.717, 1.165) is 0 Å². The second-order valence-corrected chi connectivity index (χ2v) is 4.20. The largest absolute Gasteiger partial charge is 0.497 e. The van der Waals surface area contributed by atoms with Crippen LogP contribution >= 0.6 is 0 Å². The van der Waals surface area contributed by atoms with Crippen LogP contribution in [-0.4, -0.2) is 32.8 Å². The minimum Gasteiger partial charge on any atom is -0.497 e. The quantitative estimate of drug-likeness (QED) is 0.608. The number of allylic oxidation sites excluding steroid dienone is 1. The van der Waals surface area contributed by atoms with E-state index in [2.05, 4.69) is 16.8 Å². The Morgan fingerprint density at radius 1 is 1.26 bits per heavy atom. The number of ether oxygens (including phenoxy) is 3. The van der Waals surface area contributed by atoms with Gasteiger partial charge < -0.3 is 14.2 Å². The number of hydrazine groups is 1. The fourth-order valence-corrected chi connectivity index (χ4v) is 1.61. The van der Waals surface area contributed by atoms with Gasteiger partial charge in [0.15, 0.2) is 0 Å². The van der Waals surface area contributed by atoms with Gasteiger partial charge in [0.25, 0.3) is 0 Å². The lowest BCUT2D eigenvalue weighted by Gasteiger charge is -2.11. The van der Waals surface area contributed by atoms with E-state index in [4.69, 9.17) is 20.6 Å². The minimum atomic E-state index is -0.790. The zero-order valence-electron chi connectivity index (χ0n) is 12.9. The zero-order valence-corrected chi connectivity index (χ0v) is 12.9. The van der Waals surface area contributed by atoms with Gasteiger partial charge in [0, 0.05) is 11.6 Å². The van der Waals surface area contributed by atoms with Gasteiger partial charge in [-0.3, -0.25) is 10.2 Å². The highest BCUT2D eigenvalue weighted by Gasteiger charge is 2.11. The minimum absolute atomic E-state index is 0.0121. The predicted molar refractivity (Wildman–Crippen MR) is 83.8 cm³/mol. The van der Waals surface area contributed by atoms with Gasteiger partial charge in [0.1, 0.15) is 18.1 Å². The molecule has 7 nitrogen and oxygen atoms in total. The maximum Gasteiger partial charge on any atom is 0.426 e. The van der Waals surface area contributed by atoms with E-state index in [9.17, 15) is 9.59 Å². The van der Waals surface area contributed by atoms with E-state index in [0.29, 0.717) is 17.1 Å². The van der Waals surface area contributed by atoms with E-state index < -0.39 is 12.0 Å². The van der Waals surface area contributed by atoms with Crippen molar-refractivity contribution in [1.82, 2.24) is 10.9 Å². The molecule has 2 N–H and O–H groups in total. The number of hydrogen-bond donors (Lipinski definition) is 2. The lowest BCUT2D eigenvalue weighted by atomic mass is 10.1. The van der Waals surface area contributed by atoms with Gasteiger partial charge in [-0.05, 0) is 18.2 Å². The molecule has 122 valence electrons. The first-order chi connectivity index (χ1) is 11.1. The fourth-order valence-electron chi connectivity index (χ4n) is 1.61. The summed E-state index contributed by atoms with van der Waals surface area (Å²) in [6.45, 7) is 0.0121. The van der Waals surface area contributed by atoms with Crippen molar-refractivity contribution in [2.45, 2.75) is 6.42 Å². The summed E-state index contributed by atoms with van der Waals surface area (Å²) in [5, 5.41) is 0. The molecule has 1 aromatic carbocycles. The van der Waals surface area contributed by atoms with E-state index in [1.165, 1.54) is 26.4 Å². The molecule has 0 saturated carbocycles. The number of benzene rings is 1. The monoisotopic (exact) mass is 318 g/mol. The molecule has 0 spiro atoms. The first-order valence-electron chi connectivity index (χ1n) is 6.64. The maximum atomic E-state index is 11.8. The van der Waals surface area contributed by atoms with Crippen LogP contribution in [0.15, 0.2) is 30.4 Å². The zero-order chi connectivity index (χ0) is 17.1. The Morgan fingerprint density at radius 2 is 2.04 bits per heavy atom. The molecule has 23 heavy (non-hydrogen) atoms. The van der Waals surface area contributed by atoms with Crippen molar-refractivity contribution in [2.24, 2.45) is 0 Å². The SMILES string of the molecule is C#CC=CCOC(=O)NNC(=O)Cc1ccc(OC)cc1OC.